The van der Waals surface area contributed by atoms with Crippen LogP contribution in [0.4, 0.5) is 5.69 Å². The smallest absolute Gasteiger partial charge is 0.269 e. The van der Waals surface area contributed by atoms with Crippen LogP contribution in [0.5, 0.6) is 0 Å². The standard InChI is InChI=1S/C14H18N2O3/c1-11(2)9-10-15-14(17)8-5-12-3-6-13(7-4-12)16(18)19/h3-8,11H,9-10H2,1-2H3,(H,15,17). The van der Waals surface area contributed by atoms with Gasteiger partial charge in [-0.15, -0.1) is 0 Å². The van der Waals surface area contributed by atoms with E-state index in [2.05, 4.69) is 19.2 Å². The zero-order valence-corrected chi connectivity index (χ0v) is 11.1. The number of non-ortho nitro benzene ring substituents is 1. The zero-order chi connectivity index (χ0) is 14.3. The third-order valence-corrected chi connectivity index (χ3v) is 2.55. The molecular formula is C14H18N2O3. The summed E-state index contributed by atoms with van der Waals surface area (Å²) < 4.78 is 0. The van der Waals surface area contributed by atoms with Crippen molar-refractivity contribution in [2.24, 2.45) is 5.92 Å². The first-order valence-corrected chi connectivity index (χ1v) is 6.19. The minimum atomic E-state index is -0.452. The topological polar surface area (TPSA) is 72.2 Å². The van der Waals surface area contributed by atoms with Gasteiger partial charge in [-0.3, -0.25) is 14.9 Å². The summed E-state index contributed by atoms with van der Waals surface area (Å²) in [5.41, 5.74) is 0.795. The van der Waals surface area contributed by atoms with Crippen molar-refractivity contribution in [3.8, 4) is 0 Å². The first-order chi connectivity index (χ1) is 8.99. The fourth-order valence-corrected chi connectivity index (χ4v) is 1.42. The Morgan fingerprint density at radius 1 is 1.37 bits per heavy atom. The highest BCUT2D eigenvalue weighted by Gasteiger charge is 2.02. The van der Waals surface area contributed by atoms with E-state index in [1.54, 1.807) is 18.2 Å². The molecule has 0 saturated carbocycles. The van der Waals surface area contributed by atoms with Crippen molar-refractivity contribution >= 4 is 17.7 Å². The van der Waals surface area contributed by atoms with Crippen LogP contribution in [0.2, 0.25) is 0 Å². The number of amides is 1. The predicted molar refractivity (Wildman–Crippen MR) is 74.6 cm³/mol. The Kier molecular flexibility index (Phi) is 5.73. The lowest BCUT2D eigenvalue weighted by molar-refractivity contribution is -0.384. The van der Waals surface area contributed by atoms with Crippen molar-refractivity contribution in [3.63, 3.8) is 0 Å². The van der Waals surface area contributed by atoms with Crippen LogP contribution in [0.25, 0.3) is 6.08 Å². The molecule has 19 heavy (non-hydrogen) atoms. The van der Waals surface area contributed by atoms with E-state index in [-0.39, 0.29) is 11.6 Å². The van der Waals surface area contributed by atoms with Gasteiger partial charge in [-0.1, -0.05) is 13.8 Å². The SMILES string of the molecule is CC(C)CCNC(=O)C=Cc1ccc([N+](=O)[O-])cc1. The van der Waals surface area contributed by atoms with Gasteiger partial charge < -0.3 is 5.32 Å². The first kappa shape index (κ1) is 14.9. The largest absolute Gasteiger partial charge is 0.353 e. The molecule has 1 aromatic carbocycles. The molecule has 0 saturated heterocycles. The maximum absolute atomic E-state index is 11.5. The van der Waals surface area contributed by atoms with Crippen molar-refractivity contribution in [3.05, 3.63) is 46.0 Å². The number of carbonyl (C=O) groups is 1. The molecule has 5 heteroatoms. The fraction of sp³-hybridized carbons (Fsp3) is 0.357. The lowest BCUT2D eigenvalue weighted by Gasteiger charge is -2.04. The molecule has 0 radical (unpaired) electrons. The van der Waals surface area contributed by atoms with Crippen LogP contribution >= 0.6 is 0 Å². The summed E-state index contributed by atoms with van der Waals surface area (Å²) in [5, 5.41) is 13.3. The average molecular weight is 262 g/mol. The monoisotopic (exact) mass is 262 g/mol. The second-order valence-electron chi connectivity index (χ2n) is 4.66. The first-order valence-electron chi connectivity index (χ1n) is 6.19. The molecule has 0 bridgehead atoms. The van der Waals surface area contributed by atoms with Gasteiger partial charge in [0.2, 0.25) is 5.91 Å². The van der Waals surface area contributed by atoms with E-state index in [9.17, 15) is 14.9 Å². The van der Waals surface area contributed by atoms with Gasteiger partial charge in [-0.05, 0) is 36.1 Å². The molecule has 0 atom stereocenters. The third-order valence-electron chi connectivity index (χ3n) is 2.55. The van der Waals surface area contributed by atoms with Gasteiger partial charge in [-0.2, -0.15) is 0 Å². The van der Waals surface area contributed by atoms with Gasteiger partial charge >= 0.3 is 0 Å². The van der Waals surface area contributed by atoms with E-state index in [4.69, 9.17) is 0 Å². The summed E-state index contributed by atoms with van der Waals surface area (Å²) in [6, 6.07) is 6.04. The molecule has 0 aliphatic carbocycles. The number of hydrogen-bond donors (Lipinski definition) is 1. The Labute approximate surface area is 112 Å². The van der Waals surface area contributed by atoms with Crippen molar-refractivity contribution in [1.29, 1.82) is 0 Å². The zero-order valence-electron chi connectivity index (χ0n) is 11.1. The molecule has 1 amide bonds. The highest BCUT2D eigenvalue weighted by Crippen LogP contribution is 2.12. The summed E-state index contributed by atoms with van der Waals surface area (Å²) in [5.74, 6) is 0.401. The molecule has 0 aliphatic heterocycles. The van der Waals surface area contributed by atoms with Crippen LogP contribution in [-0.2, 0) is 4.79 Å². The molecule has 1 rings (SSSR count). The van der Waals surface area contributed by atoms with E-state index in [0.29, 0.717) is 12.5 Å². The molecule has 102 valence electrons. The van der Waals surface area contributed by atoms with Gasteiger partial charge in [0, 0.05) is 24.8 Å². The van der Waals surface area contributed by atoms with Crippen molar-refractivity contribution < 1.29 is 9.72 Å². The Balaban J connectivity index is 2.47. The Hall–Kier alpha value is -2.17. The minimum Gasteiger partial charge on any atom is -0.353 e. The maximum atomic E-state index is 11.5. The summed E-state index contributed by atoms with van der Waals surface area (Å²) in [6.07, 6.45) is 4.01. The number of nitro benzene ring substituents is 1. The summed E-state index contributed by atoms with van der Waals surface area (Å²) in [4.78, 5) is 21.5. The number of carbonyl (C=O) groups excluding carboxylic acids is 1. The summed E-state index contributed by atoms with van der Waals surface area (Å²) >= 11 is 0. The number of benzene rings is 1. The number of nitrogens with one attached hydrogen (secondary N) is 1. The number of rotatable bonds is 6. The molecule has 0 fully saturated rings. The van der Waals surface area contributed by atoms with Crippen molar-refractivity contribution in [2.75, 3.05) is 6.54 Å². The molecule has 0 unspecified atom stereocenters. The fourth-order valence-electron chi connectivity index (χ4n) is 1.42. The van der Waals surface area contributed by atoms with Gasteiger partial charge in [0.15, 0.2) is 0 Å². The van der Waals surface area contributed by atoms with E-state index in [0.717, 1.165) is 12.0 Å². The second-order valence-corrected chi connectivity index (χ2v) is 4.66. The number of hydrogen-bond acceptors (Lipinski definition) is 3. The Bertz CT molecular complexity index is 464. The molecule has 0 heterocycles. The van der Waals surface area contributed by atoms with Gasteiger partial charge in [0.1, 0.15) is 0 Å². The second kappa shape index (κ2) is 7.31. The van der Waals surface area contributed by atoms with E-state index < -0.39 is 4.92 Å². The molecular weight excluding hydrogens is 244 g/mol. The quantitative estimate of drug-likeness (QED) is 0.486. The highest BCUT2D eigenvalue weighted by molar-refractivity contribution is 5.91. The lowest BCUT2D eigenvalue weighted by atomic mass is 10.1. The van der Waals surface area contributed by atoms with Crippen molar-refractivity contribution in [1.82, 2.24) is 5.32 Å². The number of nitrogens with zero attached hydrogens (tertiary/aromatic N) is 1. The number of nitro groups is 1. The van der Waals surface area contributed by atoms with Crippen LogP contribution in [0.1, 0.15) is 25.8 Å². The van der Waals surface area contributed by atoms with Gasteiger partial charge in [-0.25, -0.2) is 0 Å². The average Bonchev–Trinajstić information content (AvgIpc) is 2.36. The van der Waals surface area contributed by atoms with Crippen LogP contribution in [-0.4, -0.2) is 17.4 Å². The normalized spacial score (nSPS) is 10.9. The molecule has 0 aromatic heterocycles. The maximum Gasteiger partial charge on any atom is 0.269 e. The van der Waals surface area contributed by atoms with E-state index in [1.165, 1.54) is 18.2 Å². The van der Waals surface area contributed by atoms with Crippen LogP contribution < -0.4 is 5.32 Å². The highest BCUT2D eigenvalue weighted by atomic mass is 16.6. The molecule has 0 aliphatic rings. The van der Waals surface area contributed by atoms with Gasteiger partial charge in [0.05, 0.1) is 4.92 Å². The Morgan fingerprint density at radius 2 is 2.00 bits per heavy atom. The summed E-state index contributed by atoms with van der Waals surface area (Å²) in [7, 11) is 0. The van der Waals surface area contributed by atoms with Crippen LogP contribution in [0.15, 0.2) is 30.3 Å². The minimum absolute atomic E-state index is 0.0403. The van der Waals surface area contributed by atoms with Crippen molar-refractivity contribution in [2.45, 2.75) is 20.3 Å². The van der Waals surface area contributed by atoms with Crippen LogP contribution in [0, 0.1) is 16.0 Å². The summed E-state index contributed by atoms with van der Waals surface area (Å²) in [6.45, 7) is 4.85. The molecule has 1 N–H and O–H groups in total. The lowest BCUT2D eigenvalue weighted by Crippen LogP contribution is -2.23. The molecule has 1 aromatic rings. The Morgan fingerprint density at radius 3 is 2.53 bits per heavy atom. The molecule has 0 spiro atoms. The van der Waals surface area contributed by atoms with Gasteiger partial charge in [0.25, 0.3) is 5.69 Å². The van der Waals surface area contributed by atoms with Crippen LogP contribution in [0.3, 0.4) is 0 Å². The van der Waals surface area contributed by atoms with E-state index in [1.807, 2.05) is 0 Å². The van der Waals surface area contributed by atoms with E-state index >= 15 is 0 Å². The predicted octanol–water partition coefficient (Wildman–Crippen LogP) is 2.77. The molecule has 5 nitrogen and oxygen atoms in total. The third kappa shape index (κ3) is 5.81.